The fourth-order valence-corrected chi connectivity index (χ4v) is 3.77. The number of pyridine rings is 1. The third-order valence-corrected chi connectivity index (χ3v) is 5.33. The highest BCUT2D eigenvalue weighted by atomic mass is 32.2. The number of hydrogen-bond acceptors (Lipinski definition) is 4. The molecule has 2 aromatic heterocycles. The quantitative estimate of drug-likeness (QED) is 0.662. The van der Waals surface area contributed by atoms with Crippen LogP contribution < -0.4 is 10.0 Å². The Morgan fingerprint density at radius 1 is 1.15 bits per heavy atom. The summed E-state index contributed by atoms with van der Waals surface area (Å²) in [5, 5.41) is 2.81. The van der Waals surface area contributed by atoms with Crippen LogP contribution in [0.15, 0.2) is 47.6 Å². The second kappa shape index (κ2) is 7.20. The molecule has 0 atom stereocenters. The first-order valence-electron chi connectivity index (χ1n) is 8.01. The van der Waals surface area contributed by atoms with Crippen LogP contribution in [0.3, 0.4) is 0 Å². The van der Waals surface area contributed by atoms with Gasteiger partial charge < -0.3 is 5.32 Å². The Morgan fingerprint density at radius 3 is 2.56 bits per heavy atom. The van der Waals surface area contributed by atoms with Gasteiger partial charge in [0, 0.05) is 17.9 Å². The largest absolute Gasteiger partial charge is 0.325 e. The van der Waals surface area contributed by atoms with E-state index >= 15 is 0 Å². The molecule has 0 aliphatic rings. The summed E-state index contributed by atoms with van der Waals surface area (Å²) in [5.41, 5.74) is 0.0650. The van der Waals surface area contributed by atoms with Crippen LogP contribution in [0.25, 0.3) is 5.52 Å². The van der Waals surface area contributed by atoms with Crippen LogP contribution in [0.1, 0.15) is 25.8 Å². The zero-order valence-electron chi connectivity index (χ0n) is 14.4. The number of sulfonamides is 1. The zero-order chi connectivity index (χ0) is 19.8. The van der Waals surface area contributed by atoms with E-state index in [0.717, 1.165) is 12.1 Å². The number of benzene rings is 1. The topological polar surface area (TPSA) is 75.5 Å². The Morgan fingerprint density at radius 2 is 1.89 bits per heavy atom. The van der Waals surface area contributed by atoms with Crippen LogP contribution in [-0.4, -0.2) is 23.8 Å². The van der Waals surface area contributed by atoms with Crippen LogP contribution in [0.4, 0.5) is 24.8 Å². The second-order valence-electron chi connectivity index (χ2n) is 6.18. The van der Waals surface area contributed by atoms with Gasteiger partial charge in [-0.25, -0.2) is 31.3 Å². The van der Waals surface area contributed by atoms with Gasteiger partial charge in [-0.15, -0.1) is 0 Å². The normalized spacial score (nSPS) is 12.3. The monoisotopic (exact) mass is 398 g/mol. The van der Waals surface area contributed by atoms with Gasteiger partial charge in [-0.05, 0) is 44.2 Å². The van der Waals surface area contributed by atoms with E-state index in [-0.39, 0.29) is 22.6 Å². The molecule has 0 aliphatic heterocycles. The Balaban J connectivity index is 1.99. The van der Waals surface area contributed by atoms with Crippen LogP contribution in [0.2, 0.25) is 0 Å². The van der Waals surface area contributed by atoms with Crippen molar-refractivity contribution < 1.29 is 21.6 Å². The molecule has 6 nitrogen and oxygen atoms in total. The van der Waals surface area contributed by atoms with Gasteiger partial charge in [-0.1, -0.05) is 0 Å². The van der Waals surface area contributed by atoms with E-state index in [1.165, 1.54) is 28.9 Å². The van der Waals surface area contributed by atoms with Gasteiger partial charge in [0.25, 0.3) is 6.43 Å². The van der Waals surface area contributed by atoms with Gasteiger partial charge in [0.1, 0.15) is 5.82 Å². The number of fused-ring (bicyclic) bond motifs is 1. The number of nitrogens with zero attached hydrogens (tertiary/aromatic N) is 2. The van der Waals surface area contributed by atoms with Gasteiger partial charge in [-0.3, -0.25) is 4.40 Å². The molecule has 0 saturated heterocycles. The first-order chi connectivity index (χ1) is 12.7. The fraction of sp³-hybridized carbons (Fsp3) is 0.235. The summed E-state index contributed by atoms with van der Waals surface area (Å²) in [4.78, 5) is 4.15. The summed E-state index contributed by atoms with van der Waals surface area (Å²) < 4.78 is 67.8. The van der Waals surface area contributed by atoms with Crippen molar-refractivity contribution in [3.63, 3.8) is 0 Å². The molecule has 0 bridgehead atoms. The number of imidazole rings is 1. The maximum atomic E-state index is 13.4. The van der Waals surface area contributed by atoms with Gasteiger partial charge in [0.05, 0.1) is 22.2 Å². The first kappa shape index (κ1) is 19.2. The highest BCUT2D eigenvalue weighted by molar-refractivity contribution is 7.89. The van der Waals surface area contributed by atoms with Crippen molar-refractivity contribution in [2.75, 3.05) is 5.32 Å². The molecule has 3 aromatic rings. The van der Waals surface area contributed by atoms with E-state index in [4.69, 9.17) is 0 Å². The average molecular weight is 398 g/mol. The van der Waals surface area contributed by atoms with Gasteiger partial charge in [0.15, 0.2) is 0 Å². The molecule has 144 valence electrons. The first-order valence-corrected chi connectivity index (χ1v) is 9.50. The molecule has 3 rings (SSSR count). The van der Waals surface area contributed by atoms with Gasteiger partial charge in [0.2, 0.25) is 16.0 Å². The van der Waals surface area contributed by atoms with Crippen molar-refractivity contribution in [2.45, 2.75) is 31.2 Å². The lowest BCUT2D eigenvalue weighted by atomic mass is 10.2. The third kappa shape index (κ3) is 4.06. The molecule has 0 saturated carbocycles. The fourth-order valence-electron chi connectivity index (χ4n) is 2.52. The van der Waals surface area contributed by atoms with Crippen LogP contribution >= 0.6 is 0 Å². The van der Waals surface area contributed by atoms with Crippen LogP contribution in [0, 0.1) is 5.82 Å². The van der Waals surface area contributed by atoms with Gasteiger partial charge >= 0.3 is 0 Å². The summed E-state index contributed by atoms with van der Waals surface area (Å²) >= 11 is 0. The number of halogens is 3. The average Bonchev–Trinajstić information content (AvgIpc) is 2.97. The number of nitrogens with one attached hydrogen (secondary N) is 2. The maximum Gasteiger partial charge on any atom is 0.266 e. The summed E-state index contributed by atoms with van der Waals surface area (Å²) in [6.07, 6.45) is -0.0957. The van der Waals surface area contributed by atoms with Crippen molar-refractivity contribution in [2.24, 2.45) is 0 Å². The molecule has 0 fully saturated rings. The van der Waals surface area contributed by atoms with Gasteiger partial charge in [-0.2, -0.15) is 0 Å². The summed E-state index contributed by atoms with van der Waals surface area (Å²) in [6, 6.07) is 5.95. The molecule has 0 spiro atoms. The Labute approximate surface area is 154 Å². The standard InChI is InChI=1S/C17H17F3N4O2S/c1-10(2)23-27(25,26)13-5-4-12-8-21-17(24(12)9-13)22-11-3-6-15(18)14(7-11)16(19)20/h3-10,16,23H,1-2H3,(H,21,22). The highest BCUT2D eigenvalue weighted by Gasteiger charge is 2.18. The van der Waals surface area contributed by atoms with Crippen molar-refractivity contribution in [3.8, 4) is 0 Å². The minimum absolute atomic E-state index is 0.0251. The minimum atomic E-state index is -3.72. The van der Waals surface area contributed by atoms with E-state index in [1.54, 1.807) is 19.9 Å². The molecule has 27 heavy (non-hydrogen) atoms. The molecule has 0 amide bonds. The second-order valence-corrected chi connectivity index (χ2v) is 7.89. The molecular formula is C17H17F3N4O2S. The smallest absolute Gasteiger partial charge is 0.266 e. The number of aromatic nitrogens is 2. The molecule has 0 radical (unpaired) electrons. The van der Waals surface area contributed by atoms with Crippen molar-refractivity contribution in [1.82, 2.24) is 14.1 Å². The number of rotatable bonds is 6. The summed E-state index contributed by atoms with van der Waals surface area (Å²) in [6.45, 7) is 3.41. The van der Waals surface area contributed by atoms with Crippen molar-refractivity contribution in [1.29, 1.82) is 0 Å². The molecule has 0 aliphatic carbocycles. The predicted octanol–water partition coefficient (Wildman–Crippen LogP) is 3.84. The van der Waals surface area contributed by atoms with E-state index in [0.29, 0.717) is 5.52 Å². The van der Waals surface area contributed by atoms with Crippen LogP contribution in [-0.2, 0) is 10.0 Å². The van der Waals surface area contributed by atoms with Crippen molar-refractivity contribution in [3.05, 3.63) is 54.1 Å². The molecular weight excluding hydrogens is 381 g/mol. The van der Waals surface area contributed by atoms with E-state index < -0.39 is 27.8 Å². The predicted molar refractivity (Wildman–Crippen MR) is 95.3 cm³/mol. The molecule has 0 unspecified atom stereocenters. The molecule has 1 aromatic carbocycles. The lowest BCUT2D eigenvalue weighted by molar-refractivity contribution is 0.146. The SMILES string of the molecule is CC(C)NS(=O)(=O)c1ccc2cnc(Nc3ccc(F)c(C(F)F)c3)n2c1. The zero-order valence-corrected chi connectivity index (χ0v) is 15.3. The van der Waals surface area contributed by atoms with Crippen molar-refractivity contribution >= 4 is 27.2 Å². The number of anilines is 2. The Hall–Kier alpha value is -2.59. The highest BCUT2D eigenvalue weighted by Crippen LogP contribution is 2.27. The lowest BCUT2D eigenvalue weighted by Crippen LogP contribution is -2.30. The van der Waals surface area contributed by atoms with Crippen LogP contribution in [0.5, 0.6) is 0 Å². The van der Waals surface area contributed by atoms with E-state index in [1.807, 2.05) is 0 Å². The summed E-state index contributed by atoms with van der Waals surface area (Å²) in [7, 11) is -3.72. The maximum absolute atomic E-state index is 13.4. The van der Waals surface area contributed by atoms with E-state index in [2.05, 4.69) is 15.0 Å². The molecule has 10 heteroatoms. The Kier molecular flexibility index (Phi) is 5.11. The third-order valence-electron chi connectivity index (χ3n) is 3.69. The minimum Gasteiger partial charge on any atom is -0.325 e. The van der Waals surface area contributed by atoms with E-state index in [9.17, 15) is 21.6 Å². The Bertz CT molecular complexity index is 1080. The molecule has 2 heterocycles. The number of hydrogen-bond donors (Lipinski definition) is 2. The summed E-state index contributed by atoms with van der Waals surface area (Å²) in [5.74, 6) is -0.796. The number of alkyl halides is 2. The molecule has 2 N–H and O–H groups in total. The lowest BCUT2D eigenvalue weighted by Gasteiger charge is -2.11.